The lowest BCUT2D eigenvalue weighted by molar-refractivity contribution is -0.120. The minimum absolute atomic E-state index is 0.00748. The molecule has 4 N–H and O–H groups in total. The van der Waals surface area contributed by atoms with Crippen LogP contribution in [0.25, 0.3) is 21.1 Å². The van der Waals surface area contributed by atoms with Crippen LogP contribution >= 0.6 is 11.3 Å². The average Bonchev–Trinajstić information content (AvgIpc) is 3.49. The van der Waals surface area contributed by atoms with Crippen molar-refractivity contribution < 1.29 is 14.6 Å². The number of thiophene rings is 1. The van der Waals surface area contributed by atoms with Gasteiger partial charge in [0.25, 0.3) is 0 Å². The topological polar surface area (TPSA) is 128 Å². The van der Waals surface area contributed by atoms with Crippen LogP contribution in [0.4, 0.5) is 11.5 Å². The number of aliphatic hydroxyl groups excluding tert-OH is 1. The van der Waals surface area contributed by atoms with Crippen molar-refractivity contribution in [3.05, 3.63) is 35.1 Å². The van der Waals surface area contributed by atoms with E-state index in [-0.39, 0.29) is 11.8 Å². The molecule has 1 aromatic carbocycles. The van der Waals surface area contributed by atoms with Gasteiger partial charge in [-0.25, -0.2) is 9.97 Å². The SMILES string of the molecule is CCC(=O)NCCOc1cc2[nH]ncc2cc1Nc1ncnc2sc3c(c12)CC[C@H](C(O)N(C)C)C3. The number of rotatable bonds is 9. The number of aromatic nitrogens is 4. The third-order valence-electron chi connectivity index (χ3n) is 6.63. The smallest absolute Gasteiger partial charge is 0.219 e. The lowest BCUT2D eigenvalue weighted by Gasteiger charge is -2.30. The normalized spacial score (nSPS) is 16.3. The first-order chi connectivity index (χ1) is 17.4. The first-order valence-electron chi connectivity index (χ1n) is 12.2. The molecule has 5 rings (SSSR count). The van der Waals surface area contributed by atoms with Gasteiger partial charge in [0.15, 0.2) is 0 Å². The molecule has 0 fully saturated rings. The molecule has 1 aliphatic rings. The zero-order valence-electron chi connectivity index (χ0n) is 20.7. The molecule has 0 aliphatic heterocycles. The second-order valence-electron chi connectivity index (χ2n) is 9.27. The van der Waals surface area contributed by atoms with Crippen LogP contribution in [0.5, 0.6) is 5.75 Å². The minimum atomic E-state index is -0.462. The van der Waals surface area contributed by atoms with E-state index in [0.717, 1.165) is 51.9 Å². The molecular weight excluding hydrogens is 478 g/mol. The Labute approximate surface area is 213 Å². The first-order valence-corrected chi connectivity index (χ1v) is 13.0. The number of aromatic amines is 1. The van der Waals surface area contributed by atoms with Crippen molar-refractivity contribution in [1.82, 2.24) is 30.4 Å². The molecule has 3 heterocycles. The number of aryl methyl sites for hydroxylation is 1. The summed E-state index contributed by atoms with van der Waals surface area (Å²) in [7, 11) is 3.82. The highest BCUT2D eigenvalue weighted by Gasteiger charge is 2.30. The summed E-state index contributed by atoms with van der Waals surface area (Å²) in [5.74, 6) is 1.56. The number of anilines is 2. The van der Waals surface area contributed by atoms with Crippen LogP contribution in [0.15, 0.2) is 24.7 Å². The predicted molar refractivity (Wildman–Crippen MR) is 141 cm³/mol. The van der Waals surface area contributed by atoms with Gasteiger partial charge in [-0.15, -0.1) is 11.3 Å². The summed E-state index contributed by atoms with van der Waals surface area (Å²) in [5, 5.41) is 26.0. The Kier molecular flexibility index (Phi) is 7.04. The fourth-order valence-electron chi connectivity index (χ4n) is 4.70. The van der Waals surface area contributed by atoms with Crippen molar-refractivity contribution in [2.75, 3.05) is 32.6 Å². The lowest BCUT2D eigenvalue weighted by atomic mass is 9.86. The van der Waals surface area contributed by atoms with E-state index in [2.05, 4.69) is 30.8 Å². The molecule has 1 unspecified atom stereocenters. The number of H-pyrrole nitrogens is 1. The molecule has 0 saturated heterocycles. The lowest BCUT2D eigenvalue weighted by Crippen LogP contribution is -2.37. The van der Waals surface area contributed by atoms with Gasteiger partial charge in [-0.1, -0.05) is 6.92 Å². The predicted octanol–water partition coefficient (Wildman–Crippen LogP) is 3.20. The van der Waals surface area contributed by atoms with Gasteiger partial charge in [-0.3, -0.25) is 14.8 Å². The van der Waals surface area contributed by atoms with Gasteiger partial charge in [0.1, 0.15) is 35.6 Å². The third-order valence-corrected chi connectivity index (χ3v) is 7.79. The number of fused-ring (bicyclic) bond motifs is 4. The molecule has 2 atom stereocenters. The summed E-state index contributed by atoms with van der Waals surface area (Å²) in [6.07, 6.45) is 5.93. The van der Waals surface area contributed by atoms with Gasteiger partial charge in [0.05, 0.1) is 29.3 Å². The fourth-order valence-corrected chi connectivity index (χ4v) is 5.98. The van der Waals surface area contributed by atoms with E-state index in [1.807, 2.05) is 38.1 Å². The van der Waals surface area contributed by atoms with Gasteiger partial charge in [0, 0.05) is 28.7 Å². The third kappa shape index (κ3) is 4.86. The van der Waals surface area contributed by atoms with Crippen molar-refractivity contribution in [2.45, 2.75) is 38.8 Å². The van der Waals surface area contributed by atoms with Crippen LogP contribution in [0.1, 0.15) is 30.2 Å². The van der Waals surface area contributed by atoms with Crippen LogP contribution in [0, 0.1) is 5.92 Å². The highest BCUT2D eigenvalue weighted by atomic mass is 32.1. The van der Waals surface area contributed by atoms with E-state index in [1.165, 1.54) is 10.4 Å². The summed E-state index contributed by atoms with van der Waals surface area (Å²) in [6.45, 7) is 2.58. The maximum absolute atomic E-state index is 11.6. The van der Waals surface area contributed by atoms with Crippen molar-refractivity contribution in [2.24, 2.45) is 5.92 Å². The molecule has 10 nitrogen and oxygen atoms in total. The Morgan fingerprint density at radius 3 is 3.03 bits per heavy atom. The minimum Gasteiger partial charge on any atom is -0.489 e. The Morgan fingerprint density at radius 1 is 1.36 bits per heavy atom. The molecule has 0 spiro atoms. The molecule has 0 bridgehead atoms. The number of benzene rings is 1. The van der Waals surface area contributed by atoms with Gasteiger partial charge in [0.2, 0.25) is 5.91 Å². The summed E-state index contributed by atoms with van der Waals surface area (Å²) in [4.78, 5) is 24.8. The number of nitrogens with one attached hydrogen (secondary N) is 3. The highest BCUT2D eigenvalue weighted by molar-refractivity contribution is 7.19. The van der Waals surface area contributed by atoms with E-state index in [0.29, 0.717) is 25.3 Å². The fraction of sp³-hybridized carbons (Fsp3) is 0.440. The number of amides is 1. The van der Waals surface area contributed by atoms with Gasteiger partial charge >= 0.3 is 0 Å². The van der Waals surface area contributed by atoms with Gasteiger partial charge in [-0.2, -0.15) is 5.10 Å². The number of carbonyl (C=O) groups is 1. The van der Waals surface area contributed by atoms with Gasteiger partial charge in [-0.05, 0) is 45.0 Å². The summed E-state index contributed by atoms with van der Waals surface area (Å²) in [5.41, 5.74) is 2.89. The molecule has 1 amide bonds. The number of ether oxygens (including phenoxy) is 1. The first kappa shape index (κ1) is 24.4. The Bertz CT molecular complexity index is 1380. The van der Waals surface area contributed by atoms with Crippen LogP contribution in [0.2, 0.25) is 0 Å². The molecule has 36 heavy (non-hydrogen) atoms. The largest absolute Gasteiger partial charge is 0.489 e. The van der Waals surface area contributed by atoms with Crippen LogP contribution < -0.4 is 15.4 Å². The van der Waals surface area contributed by atoms with E-state index < -0.39 is 6.23 Å². The summed E-state index contributed by atoms with van der Waals surface area (Å²) < 4.78 is 6.05. The monoisotopic (exact) mass is 509 g/mol. The number of carbonyl (C=O) groups excluding carboxylic acids is 1. The molecule has 0 saturated carbocycles. The Balaban J connectivity index is 1.44. The summed E-state index contributed by atoms with van der Waals surface area (Å²) in [6, 6.07) is 3.88. The average molecular weight is 510 g/mol. The van der Waals surface area contributed by atoms with E-state index in [4.69, 9.17) is 4.74 Å². The molecular formula is C25H31N7O3S. The zero-order valence-corrected chi connectivity index (χ0v) is 21.5. The maximum atomic E-state index is 11.6. The maximum Gasteiger partial charge on any atom is 0.219 e. The van der Waals surface area contributed by atoms with Crippen molar-refractivity contribution in [3.63, 3.8) is 0 Å². The van der Waals surface area contributed by atoms with Crippen molar-refractivity contribution >= 4 is 49.9 Å². The standard InChI is InChI=1S/C25H31N7O3S/c1-4-21(33)26-7-8-35-19-11-17-15(12-29-31-17)9-18(19)30-23-22-16-6-5-14(25(34)32(2)3)10-20(16)36-24(22)28-13-27-23/h9,11-14,25,34H,4-8,10H2,1-3H3,(H,26,33)(H,29,31)(H,27,28,30)/t14-,25?/m0/s1. The van der Waals surface area contributed by atoms with E-state index >= 15 is 0 Å². The number of hydrogen-bond donors (Lipinski definition) is 4. The quantitative estimate of drug-likeness (QED) is 0.200. The molecule has 3 aromatic heterocycles. The second-order valence-corrected chi connectivity index (χ2v) is 10.4. The van der Waals surface area contributed by atoms with Crippen molar-refractivity contribution in [1.29, 1.82) is 0 Å². The van der Waals surface area contributed by atoms with Crippen LogP contribution in [-0.4, -0.2) is 69.6 Å². The number of nitrogens with zero attached hydrogens (tertiary/aromatic N) is 4. The van der Waals surface area contributed by atoms with E-state index in [9.17, 15) is 9.90 Å². The van der Waals surface area contributed by atoms with Gasteiger partial charge < -0.3 is 20.5 Å². The zero-order chi connectivity index (χ0) is 25.2. The second kappa shape index (κ2) is 10.4. The number of hydrogen-bond acceptors (Lipinski definition) is 9. The highest BCUT2D eigenvalue weighted by Crippen LogP contribution is 2.42. The Morgan fingerprint density at radius 2 is 2.22 bits per heavy atom. The number of aliphatic hydroxyl groups is 1. The Hall–Kier alpha value is -3.28. The molecule has 4 aromatic rings. The summed E-state index contributed by atoms with van der Waals surface area (Å²) >= 11 is 1.68. The van der Waals surface area contributed by atoms with E-state index in [1.54, 1.807) is 23.9 Å². The molecule has 1 aliphatic carbocycles. The van der Waals surface area contributed by atoms with Crippen molar-refractivity contribution in [3.8, 4) is 5.75 Å². The van der Waals surface area contributed by atoms with Crippen LogP contribution in [0.3, 0.4) is 0 Å². The van der Waals surface area contributed by atoms with Crippen LogP contribution in [-0.2, 0) is 17.6 Å². The molecule has 0 radical (unpaired) electrons. The molecule has 190 valence electrons. The molecule has 11 heteroatoms.